The summed E-state index contributed by atoms with van der Waals surface area (Å²) in [5.74, 6) is 0.593. The van der Waals surface area contributed by atoms with Gasteiger partial charge in [-0.2, -0.15) is 5.10 Å². The van der Waals surface area contributed by atoms with Crippen molar-refractivity contribution in [2.75, 3.05) is 44.7 Å². The summed E-state index contributed by atoms with van der Waals surface area (Å²) in [5.41, 5.74) is 4.21. The number of anilines is 1. The van der Waals surface area contributed by atoms with Crippen molar-refractivity contribution in [2.45, 2.75) is 19.3 Å². The predicted octanol–water partition coefficient (Wildman–Crippen LogP) is 2.50. The van der Waals surface area contributed by atoms with E-state index in [4.69, 9.17) is 4.98 Å². The van der Waals surface area contributed by atoms with Crippen LogP contribution in [0, 0.1) is 0 Å². The van der Waals surface area contributed by atoms with Gasteiger partial charge in [-0.05, 0) is 44.7 Å². The molecule has 2 aliphatic rings. The Kier molecular flexibility index (Phi) is 4.54. The van der Waals surface area contributed by atoms with Gasteiger partial charge in [-0.3, -0.25) is 14.7 Å². The number of hydrogen-bond acceptors (Lipinski definition) is 5. The Morgan fingerprint density at radius 2 is 1.85 bits per heavy atom. The molecule has 2 N–H and O–H groups in total. The molecule has 2 amide bonds. The summed E-state index contributed by atoms with van der Waals surface area (Å²) in [5, 5.41) is 8.49. The Balaban J connectivity index is 1.37. The van der Waals surface area contributed by atoms with Crippen LogP contribution in [0.4, 0.5) is 5.69 Å². The van der Waals surface area contributed by atoms with E-state index in [1.165, 1.54) is 0 Å². The molecule has 0 saturated carbocycles. The van der Waals surface area contributed by atoms with Gasteiger partial charge in [0, 0.05) is 31.6 Å². The van der Waals surface area contributed by atoms with Crippen LogP contribution in [0.5, 0.6) is 0 Å². The summed E-state index contributed by atoms with van der Waals surface area (Å²) in [6.07, 6.45) is 0. The molecule has 6 rings (SSSR count). The van der Waals surface area contributed by atoms with E-state index in [1.807, 2.05) is 55.1 Å². The highest BCUT2D eigenvalue weighted by Crippen LogP contribution is 2.43. The molecule has 4 aromatic rings. The lowest BCUT2D eigenvalue weighted by Gasteiger charge is -2.33. The lowest BCUT2D eigenvalue weighted by molar-refractivity contribution is -0.133. The van der Waals surface area contributed by atoms with E-state index in [0.717, 1.165) is 52.0 Å². The molecule has 4 heterocycles. The summed E-state index contributed by atoms with van der Waals surface area (Å²) in [6.45, 7) is 6.95. The van der Waals surface area contributed by atoms with E-state index >= 15 is 0 Å². The highest BCUT2D eigenvalue weighted by molar-refractivity contribution is 6.12. The lowest BCUT2D eigenvalue weighted by atomic mass is 9.86. The first-order chi connectivity index (χ1) is 16.3. The highest BCUT2D eigenvalue weighted by Gasteiger charge is 2.45. The zero-order valence-corrected chi connectivity index (χ0v) is 19.6. The van der Waals surface area contributed by atoms with Crippen molar-refractivity contribution in [3.63, 3.8) is 0 Å². The average molecular weight is 458 g/mol. The average Bonchev–Trinajstić information content (AvgIpc) is 3.48. The summed E-state index contributed by atoms with van der Waals surface area (Å²) in [7, 11) is 2.06. The van der Waals surface area contributed by atoms with Crippen LogP contribution in [0.1, 0.15) is 19.4 Å². The summed E-state index contributed by atoms with van der Waals surface area (Å²) in [4.78, 5) is 40.3. The summed E-state index contributed by atoms with van der Waals surface area (Å²) in [6, 6.07) is 11.8. The number of benzene rings is 2. The quantitative estimate of drug-likeness (QED) is 0.492. The molecule has 9 nitrogen and oxygen atoms in total. The molecule has 0 bridgehead atoms. The summed E-state index contributed by atoms with van der Waals surface area (Å²) >= 11 is 0. The lowest BCUT2D eigenvalue weighted by Crippen LogP contribution is -2.51. The number of piperazine rings is 1. The second-order valence-electron chi connectivity index (χ2n) is 9.79. The Bertz CT molecular complexity index is 1440. The number of rotatable bonds is 3. The van der Waals surface area contributed by atoms with Crippen LogP contribution in [0.2, 0.25) is 0 Å². The van der Waals surface area contributed by atoms with Crippen LogP contribution >= 0.6 is 0 Å². The third-order valence-corrected chi connectivity index (χ3v) is 7.19. The van der Waals surface area contributed by atoms with Gasteiger partial charge in [0.1, 0.15) is 12.2 Å². The number of aromatic amines is 2. The minimum absolute atomic E-state index is 0.0153. The first-order valence-electron chi connectivity index (χ1n) is 11.6. The second-order valence-corrected chi connectivity index (χ2v) is 9.79. The minimum Gasteiger partial charge on any atom is -0.339 e. The van der Waals surface area contributed by atoms with E-state index in [9.17, 15) is 9.59 Å². The van der Waals surface area contributed by atoms with Crippen molar-refractivity contribution < 1.29 is 9.59 Å². The van der Waals surface area contributed by atoms with Crippen molar-refractivity contribution in [1.29, 1.82) is 0 Å². The van der Waals surface area contributed by atoms with Crippen molar-refractivity contribution in [1.82, 2.24) is 30.0 Å². The fourth-order valence-electron chi connectivity index (χ4n) is 5.04. The largest absolute Gasteiger partial charge is 0.339 e. The predicted molar refractivity (Wildman–Crippen MR) is 131 cm³/mol. The van der Waals surface area contributed by atoms with Gasteiger partial charge in [-0.25, -0.2) is 4.98 Å². The Morgan fingerprint density at radius 1 is 1.09 bits per heavy atom. The summed E-state index contributed by atoms with van der Waals surface area (Å²) < 4.78 is 0. The molecule has 2 aliphatic heterocycles. The van der Waals surface area contributed by atoms with Crippen molar-refractivity contribution >= 4 is 39.4 Å². The molecule has 9 heteroatoms. The van der Waals surface area contributed by atoms with Gasteiger partial charge < -0.3 is 19.7 Å². The van der Waals surface area contributed by atoms with Gasteiger partial charge in [0.15, 0.2) is 5.82 Å². The SMILES string of the molecule is CN1CCN(C(=O)CN2C(=O)C(C)(C)c3cc4nc(-c5n[nH]c6ccccc56)[nH]c4cc32)CC1. The number of amides is 2. The maximum absolute atomic E-state index is 13.4. The van der Waals surface area contributed by atoms with Gasteiger partial charge in [-0.15, -0.1) is 0 Å². The van der Waals surface area contributed by atoms with E-state index in [1.54, 1.807) is 4.90 Å². The van der Waals surface area contributed by atoms with Crippen molar-refractivity contribution in [3.05, 3.63) is 42.0 Å². The van der Waals surface area contributed by atoms with Crippen LogP contribution in [-0.2, 0) is 15.0 Å². The van der Waals surface area contributed by atoms with E-state index in [-0.39, 0.29) is 18.4 Å². The number of aromatic nitrogens is 4. The van der Waals surface area contributed by atoms with E-state index in [0.29, 0.717) is 18.9 Å². The van der Waals surface area contributed by atoms with Crippen LogP contribution in [0.15, 0.2) is 36.4 Å². The third-order valence-electron chi connectivity index (χ3n) is 7.19. The number of carbonyl (C=O) groups is 2. The molecule has 0 spiro atoms. The van der Waals surface area contributed by atoms with Gasteiger partial charge in [0.25, 0.3) is 0 Å². The molecule has 1 fully saturated rings. The number of nitrogens with one attached hydrogen (secondary N) is 2. The molecule has 0 radical (unpaired) electrons. The first-order valence-corrected chi connectivity index (χ1v) is 11.6. The molecule has 2 aromatic carbocycles. The standard InChI is InChI=1S/C25H27N7O2/c1-25(2)16-12-18-19(27-23(26-18)22-15-6-4-5-7-17(15)28-29-22)13-20(16)32(24(25)34)14-21(33)31-10-8-30(3)9-11-31/h4-7,12-13H,8-11,14H2,1-3H3,(H,26,27)(H,28,29). The van der Waals surface area contributed by atoms with Crippen LogP contribution < -0.4 is 4.90 Å². The van der Waals surface area contributed by atoms with Gasteiger partial charge in [-0.1, -0.05) is 18.2 Å². The Labute approximate surface area is 196 Å². The first kappa shape index (κ1) is 20.9. The molecule has 2 aromatic heterocycles. The molecular weight excluding hydrogens is 430 g/mol. The normalized spacial score (nSPS) is 18.3. The van der Waals surface area contributed by atoms with Crippen LogP contribution in [0.25, 0.3) is 33.5 Å². The topological polar surface area (TPSA) is 101 Å². The Hall–Kier alpha value is -3.72. The number of imidazole rings is 1. The molecular formula is C25H27N7O2. The number of fused-ring (bicyclic) bond motifs is 3. The number of para-hydroxylation sites is 1. The van der Waals surface area contributed by atoms with Crippen LogP contribution in [-0.4, -0.2) is 81.6 Å². The number of likely N-dealkylation sites (N-methyl/N-ethyl adjacent to an activating group) is 1. The molecule has 0 atom stereocenters. The number of H-pyrrole nitrogens is 2. The van der Waals surface area contributed by atoms with Crippen molar-refractivity contribution in [3.8, 4) is 11.5 Å². The smallest absolute Gasteiger partial charge is 0.242 e. The number of nitrogens with zero attached hydrogens (tertiary/aromatic N) is 5. The maximum Gasteiger partial charge on any atom is 0.242 e. The van der Waals surface area contributed by atoms with Crippen molar-refractivity contribution in [2.24, 2.45) is 0 Å². The zero-order valence-electron chi connectivity index (χ0n) is 19.6. The van der Waals surface area contributed by atoms with Gasteiger partial charge in [0.05, 0.1) is 27.7 Å². The monoisotopic (exact) mass is 457 g/mol. The highest BCUT2D eigenvalue weighted by atomic mass is 16.2. The fraction of sp³-hybridized carbons (Fsp3) is 0.360. The zero-order chi connectivity index (χ0) is 23.6. The fourth-order valence-corrected chi connectivity index (χ4v) is 5.04. The molecule has 1 saturated heterocycles. The molecule has 174 valence electrons. The van der Waals surface area contributed by atoms with Crippen LogP contribution in [0.3, 0.4) is 0 Å². The number of hydrogen-bond donors (Lipinski definition) is 2. The molecule has 34 heavy (non-hydrogen) atoms. The minimum atomic E-state index is -0.732. The van der Waals surface area contributed by atoms with Gasteiger partial charge in [0.2, 0.25) is 11.8 Å². The molecule has 0 unspecified atom stereocenters. The Morgan fingerprint density at radius 3 is 2.65 bits per heavy atom. The maximum atomic E-state index is 13.4. The number of carbonyl (C=O) groups excluding carboxylic acids is 2. The second kappa shape index (κ2) is 7.39. The third kappa shape index (κ3) is 3.11. The van der Waals surface area contributed by atoms with E-state index in [2.05, 4.69) is 27.1 Å². The van der Waals surface area contributed by atoms with Gasteiger partial charge >= 0.3 is 0 Å². The molecule has 0 aliphatic carbocycles. The van der Waals surface area contributed by atoms with E-state index < -0.39 is 5.41 Å².